The molecular formula is C22H18N6O4. The molecule has 4 rings (SSSR count). The number of hydrogen-bond acceptors (Lipinski definition) is 9. The fourth-order valence-corrected chi connectivity index (χ4v) is 3.15. The van der Waals surface area contributed by atoms with Crippen LogP contribution in [0.4, 0.5) is 28.7 Å². The number of nitro groups is 1. The Hall–Kier alpha value is -4.60. The lowest BCUT2D eigenvalue weighted by atomic mass is 10.1. The van der Waals surface area contributed by atoms with E-state index in [1.807, 2.05) is 31.2 Å². The molecule has 0 bridgehead atoms. The normalized spacial score (nSPS) is 10.6. The summed E-state index contributed by atoms with van der Waals surface area (Å²) in [5.74, 6) is -0.452. The van der Waals surface area contributed by atoms with E-state index in [9.17, 15) is 14.9 Å². The number of esters is 1. The van der Waals surface area contributed by atoms with Gasteiger partial charge in [-0.05, 0) is 43.3 Å². The van der Waals surface area contributed by atoms with E-state index in [-0.39, 0.29) is 17.3 Å². The van der Waals surface area contributed by atoms with Crippen LogP contribution in [0.25, 0.3) is 10.9 Å². The van der Waals surface area contributed by atoms with Crippen molar-refractivity contribution in [2.24, 2.45) is 0 Å². The molecule has 2 aromatic heterocycles. The van der Waals surface area contributed by atoms with E-state index >= 15 is 0 Å². The molecule has 0 radical (unpaired) electrons. The van der Waals surface area contributed by atoms with Gasteiger partial charge in [-0.3, -0.25) is 15.1 Å². The Morgan fingerprint density at radius 3 is 2.41 bits per heavy atom. The topological polar surface area (TPSA) is 132 Å². The van der Waals surface area contributed by atoms with E-state index < -0.39 is 10.9 Å². The summed E-state index contributed by atoms with van der Waals surface area (Å²) < 4.78 is 4.67. The largest absolute Gasteiger partial charge is 0.465 e. The molecule has 0 saturated carbocycles. The molecular weight excluding hydrogens is 412 g/mol. The molecule has 0 aliphatic heterocycles. The highest BCUT2D eigenvalue weighted by Gasteiger charge is 2.24. The van der Waals surface area contributed by atoms with Crippen molar-refractivity contribution >= 4 is 45.6 Å². The zero-order valence-corrected chi connectivity index (χ0v) is 17.2. The Balaban J connectivity index is 1.70. The predicted molar refractivity (Wildman–Crippen MR) is 120 cm³/mol. The van der Waals surface area contributed by atoms with Gasteiger partial charge in [0.15, 0.2) is 0 Å². The molecule has 0 saturated heterocycles. The molecule has 2 heterocycles. The van der Waals surface area contributed by atoms with Gasteiger partial charge < -0.3 is 15.4 Å². The maximum Gasteiger partial charge on any atom is 0.353 e. The van der Waals surface area contributed by atoms with Crippen molar-refractivity contribution in [3.8, 4) is 0 Å². The number of nitrogens with one attached hydrogen (secondary N) is 2. The SMILES string of the molecule is COC(=O)c1ccc(Nc2ncnc(Nc3cccc4ccc(C)nc34)c2[N+](=O)[O-])cc1. The minimum Gasteiger partial charge on any atom is -0.465 e. The molecule has 2 aromatic carbocycles. The summed E-state index contributed by atoms with van der Waals surface area (Å²) in [6.45, 7) is 1.87. The minimum atomic E-state index is -0.558. The van der Waals surface area contributed by atoms with E-state index in [0.717, 1.165) is 11.1 Å². The molecule has 0 spiro atoms. The van der Waals surface area contributed by atoms with Gasteiger partial charge in [0.1, 0.15) is 6.33 Å². The Bertz CT molecular complexity index is 1320. The summed E-state index contributed by atoms with van der Waals surface area (Å²) in [5.41, 5.74) is 2.62. The quantitative estimate of drug-likeness (QED) is 0.257. The molecule has 0 amide bonds. The third-order valence-electron chi connectivity index (χ3n) is 4.69. The van der Waals surface area contributed by atoms with E-state index in [1.165, 1.54) is 13.4 Å². The van der Waals surface area contributed by atoms with Gasteiger partial charge in [0.25, 0.3) is 0 Å². The maximum absolute atomic E-state index is 11.9. The van der Waals surface area contributed by atoms with Crippen LogP contribution >= 0.6 is 0 Å². The maximum atomic E-state index is 11.9. The van der Waals surface area contributed by atoms with Crippen LogP contribution in [0.15, 0.2) is 60.9 Å². The molecule has 10 heteroatoms. The first kappa shape index (κ1) is 20.7. The molecule has 0 aliphatic rings. The summed E-state index contributed by atoms with van der Waals surface area (Å²) in [4.78, 5) is 35.6. The highest BCUT2D eigenvalue weighted by Crippen LogP contribution is 2.34. The monoisotopic (exact) mass is 430 g/mol. The van der Waals surface area contributed by atoms with Crippen molar-refractivity contribution in [1.29, 1.82) is 0 Å². The summed E-state index contributed by atoms with van der Waals surface area (Å²) in [7, 11) is 1.29. The number of carbonyl (C=O) groups is 1. The third-order valence-corrected chi connectivity index (χ3v) is 4.69. The van der Waals surface area contributed by atoms with Crippen LogP contribution in [0.5, 0.6) is 0 Å². The lowest BCUT2D eigenvalue weighted by molar-refractivity contribution is -0.383. The van der Waals surface area contributed by atoms with Crippen molar-refractivity contribution < 1.29 is 14.5 Å². The van der Waals surface area contributed by atoms with Crippen LogP contribution in [0.1, 0.15) is 16.1 Å². The van der Waals surface area contributed by atoms with Crippen LogP contribution < -0.4 is 10.6 Å². The number of anilines is 4. The molecule has 0 atom stereocenters. The lowest BCUT2D eigenvalue weighted by Gasteiger charge is -2.12. The lowest BCUT2D eigenvalue weighted by Crippen LogP contribution is -2.06. The van der Waals surface area contributed by atoms with Crippen molar-refractivity contribution in [3.05, 3.63) is 82.3 Å². The van der Waals surface area contributed by atoms with Crippen LogP contribution in [0.2, 0.25) is 0 Å². The Morgan fingerprint density at radius 1 is 1.00 bits per heavy atom. The highest BCUT2D eigenvalue weighted by atomic mass is 16.6. The number of ether oxygens (including phenoxy) is 1. The third kappa shape index (κ3) is 4.15. The van der Waals surface area contributed by atoms with Gasteiger partial charge in [-0.2, -0.15) is 0 Å². The summed E-state index contributed by atoms with van der Waals surface area (Å²) in [5, 5.41) is 18.7. The van der Waals surface area contributed by atoms with Crippen molar-refractivity contribution in [2.45, 2.75) is 6.92 Å². The first-order valence-electron chi connectivity index (χ1n) is 9.54. The first-order chi connectivity index (χ1) is 15.5. The van der Waals surface area contributed by atoms with Crippen molar-refractivity contribution in [1.82, 2.24) is 15.0 Å². The zero-order valence-electron chi connectivity index (χ0n) is 17.2. The number of aromatic nitrogens is 3. The molecule has 0 unspecified atom stereocenters. The van der Waals surface area contributed by atoms with Gasteiger partial charge >= 0.3 is 11.7 Å². The first-order valence-corrected chi connectivity index (χ1v) is 9.54. The number of aryl methyl sites for hydroxylation is 1. The Labute approximate surface area is 182 Å². The molecule has 0 fully saturated rings. The fraction of sp³-hybridized carbons (Fsp3) is 0.0909. The number of methoxy groups -OCH3 is 1. The van der Waals surface area contributed by atoms with E-state index in [0.29, 0.717) is 22.5 Å². The summed E-state index contributed by atoms with van der Waals surface area (Å²) in [6, 6.07) is 15.6. The molecule has 32 heavy (non-hydrogen) atoms. The average Bonchev–Trinajstić information content (AvgIpc) is 2.79. The van der Waals surface area contributed by atoms with Gasteiger partial charge in [0.2, 0.25) is 11.6 Å². The van der Waals surface area contributed by atoms with Crippen molar-refractivity contribution in [2.75, 3.05) is 17.7 Å². The average molecular weight is 430 g/mol. The number of carbonyl (C=O) groups excluding carboxylic acids is 1. The Morgan fingerprint density at radius 2 is 1.72 bits per heavy atom. The van der Waals surface area contributed by atoms with E-state index in [4.69, 9.17) is 0 Å². The van der Waals surface area contributed by atoms with Crippen molar-refractivity contribution in [3.63, 3.8) is 0 Å². The zero-order chi connectivity index (χ0) is 22.7. The number of para-hydroxylation sites is 1. The number of rotatable bonds is 6. The van der Waals surface area contributed by atoms with Crippen LogP contribution in [-0.4, -0.2) is 33.0 Å². The van der Waals surface area contributed by atoms with E-state index in [2.05, 4.69) is 30.3 Å². The number of pyridine rings is 1. The fourth-order valence-electron chi connectivity index (χ4n) is 3.15. The summed E-state index contributed by atoms with van der Waals surface area (Å²) >= 11 is 0. The summed E-state index contributed by atoms with van der Waals surface area (Å²) in [6.07, 6.45) is 1.23. The molecule has 10 nitrogen and oxygen atoms in total. The second-order valence-electron chi connectivity index (χ2n) is 6.83. The van der Waals surface area contributed by atoms with Crippen LogP contribution in [-0.2, 0) is 4.74 Å². The number of hydrogen-bond donors (Lipinski definition) is 2. The van der Waals surface area contributed by atoms with Crippen LogP contribution in [0, 0.1) is 17.0 Å². The number of fused-ring (bicyclic) bond motifs is 1. The van der Waals surface area contributed by atoms with Gasteiger partial charge in [0.05, 0.1) is 28.8 Å². The minimum absolute atomic E-state index is 0.00249. The highest BCUT2D eigenvalue weighted by molar-refractivity contribution is 5.93. The van der Waals surface area contributed by atoms with Gasteiger partial charge in [0, 0.05) is 16.8 Å². The molecule has 160 valence electrons. The van der Waals surface area contributed by atoms with Gasteiger partial charge in [-0.15, -0.1) is 0 Å². The Kier molecular flexibility index (Phi) is 5.58. The van der Waals surface area contributed by atoms with Crippen LogP contribution in [0.3, 0.4) is 0 Å². The van der Waals surface area contributed by atoms with Gasteiger partial charge in [-0.1, -0.05) is 18.2 Å². The molecule has 4 aromatic rings. The molecule has 2 N–H and O–H groups in total. The second kappa shape index (κ2) is 8.64. The number of benzene rings is 2. The second-order valence-corrected chi connectivity index (χ2v) is 6.83. The van der Waals surface area contributed by atoms with E-state index in [1.54, 1.807) is 30.3 Å². The number of nitrogens with zero attached hydrogens (tertiary/aromatic N) is 4. The standard InChI is InChI=1S/C22H18N6O4/c1-13-6-7-14-4-3-5-17(18(14)25-13)27-21-19(28(30)31)20(23-12-24-21)26-16-10-8-15(9-11-16)22(29)32-2/h3-12H,1-2H3,(H2,23,24,26,27). The predicted octanol–water partition coefficient (Wildman–Crippen LogP) is 4.52. The van der Waals surface area contributed by atoms with Gasteiger partial charge in [-0.25, -0.2) is 14.8 Å². The smallest absolute Gasteiger partial charge is 0.353 e. The molecule has 0 aliphatic carbocycles.